The van der Waals surface area contributed by atoms with Crippen molar-refractivity contribution in [1.29, 1.82) is 0 Å². The molecule has 0 spiro atoms. The number of allylic oxidation sites excluding steroid dienone is 1. The Kier molecular flexibility index (Phi) is 7.91. The van der Waals surface area contributed by atoms with Gasteiger partial charge in [0, 0.05) is 12.3 Å². The Bertz CT molecular complexity index is 155. The lowest BCUT2D eigenvalue weighted by atomic mass is 10.1. The highest BCUT2D eigenvalue weighted by atomic mass is 13.9. The van der Waals surface area contributed by atoms with Crippen LogP contribution in [-0.2, 0) is 0 Å². The minimum Gasteiger partial charge on any atom is -0.103 e. The highest BCUT2D eigenvalue weighted by molar-refractivity contribution is 5.00. The lowest BCUT2D eigenvalue weighted by molar-refractivity contribution is 0.702. The second-order valence-corrected chi connectivity index (χ2v) is 3.36. The van der Waals surface area contributed by atoms with E-state index in [0.717, 1.165) is 12.8 Å². The van der Waals surface area contributed by atoms with Crippen molar-refractivity contribution in [3.05, 3.63) is 12.7 Å². The smallest absolute Gasteiger partial charge is 0.0146 e. The standard InChI is InChI=1S/C12H20/c1-4-5-6-7-8-9-10-11-12(2)3/h4,12H,1,5-9H2,2-3H3. The van der Waals surface area contributed by atoms with Crippen molar-refractivity contribution in [2.45, 2.75) is 46.0 Å². The molecule has 0 aromatic heterocycles. The molecule has 0 saturated carbocycles. The van der Waals surface area contributed by atoms with Gasteiger partial charge in [0.1, 0.15) is 0 Å². The zero-order valence-electron chi connectivity index (χ0n) is 8.40. The summed E-state index contributed by atoms with van der Waals surface area (Å²) < 4.78 is 0. The normalized spacial score (nSPS) is 9.25. The highest BCUT2D eigenvalue weighted by Crippen LogP contribution is 2.02. The lowest BCUT2D eigenvalue weighted by Crippen LogP contribution is -1.79. The van der Waals surface area contributed by atoms with Crippen LogP contribution < -0.4 is 0 Å². The first-order valence-corrected chi connectivity index (χ1v) is 4.86. The topological polar surface area (TPSA) is 0 Å². The molecular formula is C12H20. The van der Waals surface area contributed by atoms with Gasteiger partial charge in [0.15, 0.2) is 0 Å². The molecule has 0 amide bonds. The third-order valence-electron chi connectivity index (χ3n) is 1.60. The molecule has 0 aromatic rings. The van der Waals surface area contributed by atoms with E-state index in [-0.39, 0.29) is 0 Å². The summed E-state index contributed by atoms with van der Waals surface area (Å²) >= 11 is 0. The largest absolute Gasteiger partial charge is 0.103 e. The van der Waals surface area contributed by atoms with Crippen molar-refractivity contribution in [1.82, 2.24) is 0 Å². The van der Waals surface area contributed by atoms with Crippen molar-refractivity contribution >= 4 is 0 Å². The predicted octanol–water partition coefficient (Wildman–Crippen LogP) is 3.78. The Balaban J connectivity index is 3.11. The van der Waals surface area contributed by atoms with E-state index in [1.54, 1.807) is 0 Å². The molecule has 0 rings (SSSR count). The maximum absolute atomic E-state index is 3.69. The fraction of sp³-hybridized carbons (Fsp3) is 0.667. The highest BCUT2D eigenvalue weighted by Gasteiger charge is 1.85. The SMILES string of the molecule is C=CCCCCCC#CC(C)C. The molecule has 0 fully saturated rings. The van der Waals surface area contributed by atoms with Crippen LogP contribution in [0.4, 0.5) is 0 Å². The van der Waals surface area contributed by atoms with E-state index in [0.29, 0.717) is 5.92 Å². The predicted molar refractivity (Wildman–Crippen MR) is 55.9 cm³/mol. The summed E-state index contributed by atoms with van der Waals surface area (Å²) in [4.78, 5) is 0. The van der Waals surface area contributed by atoms with Crippen LogP contribution in [0.5, 0.6) is 0 Å². The Morgan fingerprint density at radius 2 is 2.00 bits per heavy atom. The quantitative estimate of drug-likeness (QED) is 0.329. The molecule has 0 nitrogen and oxygen atoms in total. The molecule has 0 radical (unpaired) electrons. The van der Waals surface area contributed by atoms with Crippen molar-refractivity contribution in [3.8, 4) is 11.8 Å². The second kappa shape index (κ2) is 8.40. The van der Waals surface area contributed by atoms with Gasteiger partial charge in [-0.05, 0) is 19.3 Å². The van der Waals surface area contributed by atoms with Crippen molar-refractivity contribution in [2.75, 3.05) is 0 Å². The summed E-state index contributed by atoms with van der Waals surface area (Å²) in [6.07, 6.45) is 8.01. The van der Waals surface area contributed by atoms with Crippen LogP contribution in [0, 0.1) is 17.8 Å². The lowest BCUT2D eigenvalue weighted by Gasteiger charge is -1.93. The molecule has 0 aliphatic rings. The molecule has 0 heteroatoms. The van der Waals surface area contributed by atoms with Crippen molar-refractivity contribution < 1.29 is 0 Å². The van der Waals surface area contributed by atoms with Crippen LogP contribution in [0.15, 0.2) is 12.7 Å². The minimum absolute atomic E-state index is 0.526. The molecule has 0 saturated heterocycles. The molecule has 0 heterocycles. The molecule has 0 aromatic carbocycles. The van der Waals surface area contributed by atoms with Crippen LogP contribution in [0.2, 0.25) is 0 Å². The average molecular weight is 164 g/mol. The van der Waals surface area contributed by atoms with Gasteiger partial charge < -0.3 is 0 Å². The third-order valence-corrected chi connectivity index (χ3v) is 1.60. The van der Waals surface area contributed by atoms with Gasteiger partial charge in [0.2, 0.25) is 0 Å². The van der Waals surface area contributed by atoms with Crippen LogP contribution in [0.3, 0.4) is 0 Å². The van der Waals surface area contributed by atoms with E-state index in [9.17, 15) is 0 Å². The van der Waals surface area contributed by atoms with E-state index in [2.05, 4.69) is 32.3 Å². The summed E-state index contributed by atoms with van der Waals surface area (Å²) in [5, 5.41) is 0. The summed E-state index contributed by atoms with van der Waals surface area (Å²) in [5.74, 6) is 6.88. The number of rotatable bonds is 5. The Morgan fingerprint density at radius 1 is 1.25 bits per heavy atom. The van der Waals surface area contributed by atoms with Crippen LogP contribution in [-0.4, -0.2) is 0 Å². The van der Waals surface area contributed by atoms with E-state index >= 15 is 0 Å². The van der Waals surface area contributed by atoms with Gasteiger partial charge in [-0.3, -0.25) is 0 Å². The van der Waals surface area contributed by atoms with Gasteiger partial charge in [-0.15, -0.1) is 18.4 Å². The molecule has 0 unspecified atom stereocenters. The third kappa shape index (κ3) is 9.30. The van der Waals surface area contributed by atoms with Gasteiger partial charge in [0.25, 0.3) is 0 Å². The van der Waals surface area contributed by atoms with E-state index in [4.69, 9.17) is 0 Å². The van der Waals surface area contributed by atoms with Crippen molar-refractivity contribution in [2.24, 2.45) is 5.92 Å². The zero-order chi connectivity index (χ0) is 9.23. The van der Waals surface area contributed by atoms with Gasteiger partial charge in [-0.1, -0.05) is 26.3 Å². The number of hydrogen-bond donors (Lipinski definition) is 0. The average Bonchev–Trinajstić information content (AvgIpc) is 2.02. The fourth-order valence-electron chi connectivity index (χ4n) is 0.955. The van der Waals surface area contributed by atoms with Gasteiger partial charge in [-0.25, -0.2) is 0 Å². The van der Waals surface area contributed by atoms with E-state index < -0.39 is 0 Å². The Labute approximate surface area is 77.1 Å². The first-order chi connectivity index (χ1) is 5.77. The van der Waals surface area contributed by atoms with E-state index in [1.807, 2.05) is 6.08 Å². The maximum atomic E-state index is 3.69. The first-order valence-electron chi connectivity index (χ1n) is 4.86. The monoisotopic (exact) mass is 164 g/mol. The van der Waals surface area contributed by atoms with Gasteiger partial charge in [0.05, 0.1) is 0 Å². The molecule has 12 heavy (non-hydrogen) atoms. The number of unbranched alkanes of at least 4 members (excludes halogenated alkanes) is 4. The summed E-state index contributed by atoms with van der Waals surface area (Å²) in [7, 11) is 0. The molecule has 0 atom stereocenters. The van der Waals surface area contributed by atoms with Crippen LogP contribution >= 0.6 is 0 Å². The maximum Gasteiger partial charge on any atom is 0.0146 e. The number of hydrogen-bond acceptors (Lipinski definition) is 0. The first kappa shape index (κ1) is 11.3. The summed E-state index contributed by atoms with van der Waals surface area (Å²) in [5.41, 5.74) is 0. The second-order valence-electron chi connectivity index (χ2n) is 3.36. The molecule has 68 valence electrons. The molecule has 0 aliphatic heterocycles. The fourth-order valence-corrected chi connectivity index (χ4v) is 0.955. The van der Waals surface area contributed by atoms with Crippen molar-refractivity contribution in [3.63, 3.8) is 0 Å². The summed E-state index contributed by atoms with van der Waals surface area (Å²) in [6.45, 7) is 7.95. The van der Waals surface area contributed by atoms with Crippen LogP contribution in [0.25, 0.3) is 0 Å². The molecular weight excluding hydrogens is 144 g/mol. The Hall–Kier alpha value is -0.700. The molecule has 0 bridgehead atoms. The van der Waals surface area contributed by atoms with Gasteiger partial charge in [-0.2, -0.15) is 0 Å². The van der Waals surface area contributed by atoms with Crippen LogP contribution in [0.1, 0.15) is 46.0 Å². The zero-order valence-corrected chi connectivity index (χ0v) is 8.40. The van der Waals surface area contributed by atoms with Gasteiger partial charge >= 0.3 is 0 Å². The van der Waals surface area contributed by atoms with E-state index in [1.165, 1.54) is 19.3 Å². The minimum atomic E-state index is 0.526. The molecule has 0 aliphatic carbocycles. The Morgan fingerprint density at radius 3 is 2.58 bits per heavy atom. The molecule has 0 N–H and O–H groups in total. The summed E-state index contributed by atoms with van der Waals surface area (Å²) in [6, 6.07) is 0.